The smallest absolute Gasteiger partial charge is 0.309 e. The molecule has 0 aliphatic heterocycles. The number of aliphatic hydroxyl groups excluding tert-OH is 1. The molecule has 0 saturated carbocycles. The number of anilines is 1. The fraction of sp³-hybridized carbons (Fsp3) is 0.250. The van der Waals surface area contributed by atoms with Crippen molar-refractivity contribution in [2.75, 3.05) is 17.5 Å². The molecule has 0 spiro atoms. The van der Waals surface area contributed by atoms with Crippen molar-refractivity contribution in [3.05, 3.63) is 82.7 Å². The number of carbonyl (C=O) groups is 1. The first-order valence-corrected chi connectivity index (χ1v) is 12.5. The van der Waals surface area contributed by atoms with Crippen LogP contribution in [0, 0.1) is 24.0 Å². The predicted octanol–water partition coefficient (Wildman–Crippen LogP) is 1.80. The summed E-state index contributed by atoms with van der Waals surface area (Å²) in [5.41, 5.74) is 1.52. The molecule has 4 N–H and O–H groups in total. The summed E-state index contributed by atoms with van der Waals surface area (Å²) < 4.78 is 57.0. The van der Waals surface area contributed by atoms with Gasteiger partial charge in [-0.15, -0.1) is 6.42 Å². The Kier molecular flexibility index (Phi) is 8.76. The summed E-state index contributed by atoms with van der Waals surface area (Å²) in [7, 11) is -3.68. The van der Waals surface area contributed by atoms with Gasteiger partial charge < -0.3 is 20.2 Å². The van der Waals surface area contributed by atoms with Crippen LogP contribution in [-0.2, 0) is 23.0 Å². The second-order valence-electron chi connectivity index (χ2n) is 8.02. The first kappa shape index (κ1) is 26.8. The highest BCUT2D eigenvalue weighted by atomic mass is 32.2. The van der Waals surface area contributed by atoms with E-state index in [-0.39, 0.29) is 24.2 Å². The number of nitrogens with zero attached hydrogens (tertiary/aromatic N) is 1. The summed E-state index contributed by atoms with van der Waals surface area (Å²) in [5.74, 6) is 0.143. The third-order valence-electron chi connectivity index (χ3n) is 4.94. The van der Waals surface area contributed by atoms with Crippen LogP contribution in [0.4, 0.5) is 14.8 Å². The number of sulfonamides is 1. The Bertz CT molecular complexity index is 1350. The lowest BCUT2D eigenvalue weighted by Gasteiger charge is -2.24. The van der Waals surface area contributed by atoms with Gasteiger partial charge in [-0.3, -0.25) is 4.79 Å². The number of halogens is 2. The number of oxazole rings is 1. The van der Waals surface area contributed by atoms with Gasteiger partial charge in [0.05, 0.1) is 18.4 Å². The summed E-state index contributed by atoms with van der Waals surface area (Å²) in [6, 6.07) is 8.73. The zero-order valence-electron chi connectivity index (χ0n) is 19.2. The maximum Gasteiger partial charge on any atom is 0.309 e. The van der Waals surface area contributed by atoms with Crippen molar-refractivity contribution in [3.8, 4) is 12.3 Å². The van der Waals surface area contributed by atoms with Crippen molar-refractivity contribution in [3.63, 3.8) is 0 Å². The van der Waals surface area contributed by atoms with E-state index >= 15 is 0 Å². The van der Waals surface area contributed by atoms with Crippen molar-refractivity contribution >= 4 is 21.9 Å². The highest BCUT2D eigenvalue weighted by Gasteiger charge is 2.25. The fourth-order valence-corrected chi connectivity index (χ4v) is 3.78. The van der Waals surface area contributed by atoms with Crippen LogP contribution in [0.5, 0.6) is 0 Å². The lowest BCUT2D eigenvalue weighted by Crippen LogP contribution is -2.48. The van der Waals surface area contributed by atoms with Crippen molar-refractivity contribution in [1.29, 1.82) is 0 Å². The number of hydrogen-bond acceptors (Lipinski definition) is 7. The number of terminal acetylenes is 1. The highest BCUT2D eigenvalue weighted by Crippen LogP contribution is 2.14. The highest BCUT2D eigenvalue weighted by molar-refractivity contribution is 7.91. The molecule has 12 heteroatoms. The Hall–Kier alpha value is -3.79. The number of rotatable bonds is 11. The van der Waals surface area contributed by atoms with Gasteiger partial charge in [0.1, 0.15) is 17.9 Å². The van der Waals surface area contributed by atoms with Crippen LogP contribution in [-0.4, -0.2) is 49.4 Å². The van der Waals surface area contributed by atoms with E-state index < -0.39 is 45.7 Å². The van der Waals surface area contributed by atoms with Gasteiger partial charge in [0.2, 0.25) is 10.0 Å². The van der Waals surface area contributed by atoms with Gasteiger partial charge in [-0.25, -0.2) is 21.9 Å². The van der Waals surface area contributed by atoms with Crippen molar-refractivity contribution < 1.29 is 31.5 Å². The SMILES string of the molecule is C#Cc1cccc(CNCC(O)C(Cc2cc(F)cc(F)c2)NC(=O)c2coc(NS(C)(=O)=O)n2)c1. The zero-order chi connectivity index (χ0) is 26.3. The molecule has 0 aliphatic rings. The molecule has 0 saturated heterocycles. The molecule has 190 valence electrons. The lowest BCUT2D eigenvalue weighted by atomic mass is 10.0. The van der Waals surface area contributed by atoms with E-state index in [0.717, 1.165) is 30.2 Å². The van der Waals surface area contributed by atoms with Gasteiger partial charge >= 0.3 is 6.01 Å². The number of aliphatic hydroxyl groups is 1. The molecule has 36 heavy (non-hydrogen) atoms. The van der Waals surface area contributed by atoms with Crippen molar-refractivity contribution in [1.82, 2.24) is 15.6 Å². The molecule has 1 heterocycles. The largest absolute Gasteiger partial charge is 0.431 e. The molecule has 2 atom stereocenters. The van der Waals surface area contributed by atoms with Gasteiger partial charge in [0.25, 0.3) is 5.91 Å². The van der Waals surface area contributed by atoms with E-state index in [2.05, 4.69) is 21.5 Å². The summed E-state index contributed by atoms with van der Waals surface area (Å²) >= 11 is 0. The second kappa shape index (κ2) is 11.8. The Morgan fingerprint density at radius 3 is 2.58 bits per heavy atom. The molecule has 0 radical (unpaired) electrons. The van der Waals surface area contributed by atoms with Gasteiger partial charge in [-0.1, -0.05) is 18.1 Å². The zero-order valence-corrected chi connectivity index (χ0v) is 20.0. The van der Waals surface area contributed by atoms with E-state index in [1.165, 1.54) is 0 Å². The van der Waals surface area contributed by atoms with Crippen molar-refractivity contribution in [2.24, 2.45) is 0 Å². The molecule has 9 nitrogen and oxygen atoms in total. The topological polar surface area (TPSA) is 134 Å². The maximum atomic E-state index is 13.7. The molecule has 1 amide bonds. The van der Waals surface area contributed by atoms with Gasteiger partial charge in [-0.05, 0) is 41.8 Å². The van der Waals surface area contributed by atoms with Crippen LogP contribution >= 0.6 is 0 Å². The minimum Gasteiger partial charge on any atom is -0.431 e. The van der Waals surface area contributed by atoms with E-state index in [1.54, 1.807) is 18.2 Å². The molecule has 2 aromatic carbocycles. The molecule has 1 aromatic heterocycles. The number of benzene rings is 2. The van der Waals surface area contributed by atoms with Crippen LogP contribution in [0.15, 0.2) is 53.1 Å². The minimum absolute atomic E-state index is 0.0166. The average molecular weight is 519 g/mol. The molecule has 0 fully saturated rings. The molecule has 3 aromatic rings. The molecule has 2 unspecified atom stereocenters. The standard InChI is InChI=1S/C24H24F2N4O5S/c1-3-15-5-4-6-16(7-15)12-27-13-22(31)20(10-17-8-18(25)11-19(26)9-17)28-23(32)21-14-35-24(29-21)30-36(2,33)34/h1,4-9,11,14,20,22,27,31H,10,12-13H2,2H3,(H,28,32)(H,29,30). The Labute approximate surface area is 207 Å². The summed E-state index contributed by atoms with van der Waals surface area (Å²) in [6.45, 7) is 0.383. The van der Waals surface area contributed by atoms with Crippen LogP contribution in [0.2, 0.25) is 0 Å². The molecule has 0 aliphatic carbocycles. The Morgan fingerprint density at radius 1 is 1.19 bits per heavy atom. The van der Waals surface area contributed by atoms with Crippen LogP contribution < -0.4 is 15.4 Å². The van der Waals surface area contributed by atoms with Crippen LogP contribution in [0.1, 0.15) is 27.2 Å². The summed E-state index contributed by atoms with van der Waals surface area (Å²) in [6.07, 6.45) is 5.94. The monoisotopic (exact) mass is 518 g/mol. The Morgan fingerprint density at radius 2 is 1.92 bits per heavy atom. The Balaban J connectivity index is 1.72. The second-order valence-corrected chi connectivity index (χ2v) is 9.77. The number of hydrogen-bond donors (Lipinski definition) is 4. The normalized spacial score (nSPS) is 13.0. The molecule has 3 rings (SSSR count). The molecule has 0 bridgehead atoms. The van der Waals surface area contributed by atoms with Crippen LogP contribution in [0.25, 0.3) is 0 Å². The molecular formula is C24H24F2N4O5S. The van der Waals surface area contributed by atoms with Gasteiger partial charge in [0, 0.05) is 24.7 Å². The number of aromatic nitrogens is 1. The van der Waals surface area contributed by atoms with Crippen molar-refractivity contribution in [2.45, 2.75) is 25.1 Å². The summed E-state index contributed by atoms with van der Waals surface area (Å²) in [4.78, 5) is 16.5. The third-order valence-corrected chi connectivity index (χ3v) is 5.49. The predicted molar refractivity (Wildman–Crippen MR) is 128 cm³/mol. The number of carbonyl (C=O) groups excluding carboxylic acids is 1. The molecular weight excluding hydrogens is 494 g/mol. The van der Waals surface area contributed by atoms with Gasteiger partial charge in [0.15, 0.2) is 5.69 Å². The van der Waals surface area contributed by atoms with Crippen LogP contribution in [0.3, 0.4) is 0 Å². The van der Waals surface area contributed by atoms with E-state index in [4.69, 9.17) is 10.8 Å². The maximum absolute atomic E-state index is 13.7. The van der Waals surface area contributed by atoms with E-state index in [1.807, 2.05) is 10.8 Å². The van der Waals surface area contributed by atoms with Gasteiger partial charge in [-0.2, -0.15) is 4.98 Å². The number of amides is 1. The first-order chi connectivity index (χ1) is 17.0. The first-order valence-electron chi connectivity index (χ1n) is 10.7. The third kappa shape index (κ3) is 8.16. The fourth-order valence-electron chi connectivity index (χ4n) is 3.37. The van der Waals surface area contributed by atoms with E-state index in [9.17, 15) is 27.1 Å². The number of nitrogens with one attached hydrogen (secondary N) is 3. The lowest BCUT2D eigenvalue weighted by molar-refractivity contribution is 0.0825. The minimum atomic E-state index is -3.68. The quantitative estimate of drug-likeness (QED) is 0.285. The van der Waals surface area contributed by atoms with E-state index in [0.29, 0.717) is 18.2 Å². The summed E-state index contributed by atoms with van der Waals surface area (Å²) in [5, 5.41) is 16.4. The average Bonchev–Trinajstić information content (AvgIpc) is 3.25.